The second-order valence-corrected chi connectivity index (χ2v) is 4.55. The Morgan fingerprint density at radius 1 is 1.33 bits per heavy atom. The van der Waals surface area contributed by atoms with Gasteiger partial charge in [0.25, 0.3) is 5.56 Å². The molecule has 2 aromatic rings. The van der Waals surface area contributed by atoms with Gasteiger partial charge in [-0.15, -0.1) is 0 Å². The number of carboxylic acids is 1. The smallest absolute Gasteiger partial charge is 0.323 e. The summed E-state index contributed by atoms with van der Waals surface area (Å²) in [6.07, 6.45) is 7.03. The Morgan fingerprint density at radius 3 is 2.89 bits per heavy atom. The van der Waals surface area contributed by atoms with E-state index in [2.05, 4.69) is 5.10 Å². The number of aliphatic carboxylic acids is 1. The van der Waals surface area contributed by atoms with E-state index in [0.717, 1.165) is 36.9 Å². The fourth-order valence-corrected chi connectivity index (χ4v) is 2.53. The Balaban J connectivity index is 2.24. The Labute approximate surface area is 102 Å². The number of rotatable bonds is 2. The van der Waals surface area contributed by atoms with Crippen LogP contribution in [0.5, 0.6) is 0 Å². The SMILES string of the molecule is O=C(O)Cn1ccn2nc3c(c2c1=O)CCCC3. The monoisotopic (exact) mass is 247 g/mol. The molecule has 2 aromatic heterocycles. The standard InChI is InChI=1S/C12H13N3O3/c16-10(17)7-14-5-6-15-11(12(14)18)8-3-1-2-4-9(8)13-15/h5-6H,1-4,7H2,(H,16,17). The van der Waals surface area contributed by atoms with Crippen molar-refractivity contribution in [3.8, 4) is 0 Å². The van der Waals surface area contributed by atoms with Gasteiger partial charge >= 0.3 is 5.97 Å². The summed E-state index contributed by atoms with van der Waals surface area (Å²) in [5.41, 5.74) is 2.24. The van der Waals surface area contributed by atoms with Gasteiger partial charge < -0.3 is 9.67 Å². The Morgan fingerprint density at radius 2 is 2.11 bits per heavy atom. The summed E-state index contributed by atoms with van der Waals surface area (Å²) in [6.45, 7) is -0.310. The molecule has 6 nitrogen and oxygen atoms in total. The van der Waals surface area contributed by atoms with Crippen LogP contribution >= 0.6 is 0 Å². The molecule has 18 heavy (non-hydrogen) atoms. The minimum absolute atomic E-state index is 0.268. The van der Waals surface area contributed by atoms with Gasteiger partial charge in [0.15, 0.2) is 0 Å². The van der Waals surface area contributed by atoms with Gasteiger partial charge in [-0.3, -0.25) is 9.59 Å². The molecule has 1 N–H and O–H groups in total. The van der Waals surface area contributed by atoms with Crippen LogP contribution in [0, 0.1) is 0 Å². The number of carbonyl (C=O) groups is 1. The predicted molar refractivity (Wildman–Crippen MR) is 63.7 cm³/mol. The average molecular weight is 247 g/mol. The van der Waals surface area contributed by atoms with Gasteiger partial charge in [-0.1, -0.05) is 0 Å². The highest BCUT2D eigenvalue weighted by atomic mass is 16.4. The maximum absolute atomic E-state index is 12.2. The largest absolute Gasteiger partial charge is 0.480 e. The van der Waals surface area contributed by atoms with Crippen LogP contribution in [-0.4, -0.2) is 25.3 Å². The number of hydrogen-bond acceptors (Lipinski definition) is 3. The molecule has 0 atom stereocenters. The molecular formula is C12H13N3O3. The summed E-state index contributed by atoms with van der Waals surface area (Å²) >= 11 is 0. The maximum Gasteiger partial charge on any atom is 0.323 e. The first-order valence-corrected chi connectivity index (χ1v) is 5.98. The van der Waals surface area contributed by atoms with Crippen molar-refractivity contribution in [1.29, 1.82) is 0 Å². The first-order valence-electron chi connectivity index (χ1n) is 5.98. The van der Waals surface area contributed by atoms with E-state index in [-0.39, 0.29) is 12.1 Å². The van der Waals surface area contributed by atoms with Crippen LogP contribution in [0.2, 0.25) is 0 Å². The fourth-order valence-electron chi connectivity index (χ4n) is 2.53. The van der Waals surface area contributed by atoms with Gasteiger partial charge in [0.05, 0.1) is 5.69 Å². The minimum Gasteiger partial charge on any atom is -0.480 e. The Hall–Kier alpha value is -2.11. The molecule has 0 aromatic carbocycles. The van der Waals surface area contributed by atoms with Crippen molar-refractivity contribution in [3.63, 3.8) is 0 Å². The summed E-state index contributed by atoms with van der Waals surface area (Å²) in [5, 5.41) is 13.2. The van der Waals surface area contributed by atoms with Crippen LogP contribution in [-0.2, 0) is 24.2 Å². The van der Waals surface area contributed by atoms with E-state index in [1.54, 1.807) is 10.7 Å². The van der Waals surface area contributed by atoms with E-state index < -0.39 is 5.97 Å². The van der Waals surface area contributed by atoms with Gasteiger partial charge in [-0.05, 0) is 25.7 Å². The third kappa shape index (κ3) is 1.61. The van der Waals surface area contributed by atoms with Crippen molar-refractivity contribution in [3.05, 3.63) is 34.0 Å². The van der Waals surface area contributed by atoms with Crippen LogP contribution in [0.15, 0.2) is 17.2 Å². The first kappa shape index (κ1) is 11.0. The van der Waals surface area contributed by atoms with Gasteiger partial charge in [-0.2, -0.15) is 5.10 Å². The fraction of sp³-hybridized carbons (Fsp3) is 0.417. The lowest BCUT2D eigenvalue weighted by molar-refractivity contribution is -0.137. The van der Waals surface area contributed by atoms with Gasteiger partial charge in [-0.25, -0.2) is 4.52 Å². The molecule has 0 fully saturated rings. The number of aryl methyl sites for hydroxylation is 2. The molecule has 0 spiro atoms. The van der Waals surface area contributed by atoms with E-state index in [4.69, 9.17) is 5.11 Å². The van der Waals surface area contributed by atoms with E-state index in [1.807, 2.05) is 0 Å². The van der Waals surface area contributed by atoms with Crippen molar-refractivity contribution in [2.75, 3.05) is 0 Å². The highest BCUT2D eigenvalue weighted by Gasteiger charge is 2.19. The van der Waals surface area contributed by atoms with Gasteiger partial charge in [0.2, 0.25) is 0 Å². The Bertz CT molecular complexity index is 684. The molecule has 0 saturated heterocycles. The predicted octanol–water partition coefficient (Wildman–Crippen LogP) is 0.459. The van der Waals surface area contributed by atoms with E-state index in [1.165, 1.54) is 10.8 Å². The van der Waals surface area contributed by atoms with Crippen molar-refractivity contribution in [2.24, 2.45) is 0 Å². The van der Waals surface area contributed by atoms with Crippen LogP contribution in [0.1, 0.15) is 24.1 Å². The molecule has 0 radical (unpaired) electrons. The van der Waals surface area contributed by atoms with Crippen molar-refractivity contribution in [2.45, 2.75) is 32.2 Å². The van der Waals surface area contributed by atoms with Crippen LogP contribution in [0.3, 0.4) is 0 Å². The molecular weight excluding hydrogens is 234 g/mol. The second kappa shape index (κ2) is 3.97. The topological polar surface area (TPSA) is 76.6 Å². The number of aromatic nitrogens is 3. The number of fused-ring (bicyclic) bond motifs is 3. The molecule has 3 rings (SSSR count). The molecule has 2 heterocycles. The quantitative estimate of drug-likeness (QED) is 0.836. The zero-order valence-corrected chi connectivity index (χ0v) is 9.80. The zero-order valence-electron chi connectivity index (χ0n) is 9.80. The summed E-state index contributed by atoms with van der Waals surface area (Å²) in [4.78, 5) is 22.9. The van der Waals surface area contributed by atoms with E-state index in [9.17, 15) is 9.59 Å². The lowest BCUT2D eigenvalue weighted by atomic mass is 9.97. The number of nitrogens with zero attached hydrogens (tertiary/aromatic N) is 3. The normalized spacial score (nSPS) is 14.7. The molecule has 0 saturated carbocycles. The molecule has 1 aliphatic rings. The number of hydrogen-bond donors (Lipinski definition) is 1. The van der Waals surface area contributed by atoms with Crippen molar-refractivity contribution < 1.29 is 9.90 Å². The third-order valence-electron chi connectivity index (χ3n) is 3.34. The summed E-state index contributed by atoms with van der Waals surface area (Å²) < 4.78 is 2.80. The molecule has 0 unspecified atom stereocenters. The van der Waals surface area contributed by atoms with Crippen LogP contribution in [0.25, 0.3) is 5.52 Å². The highest BCUT2D eigenvalue weighted by molar-refractivity contribution is 5.67. The molecule has 0 bridgehead atoms. The second-order valence-electron chi connectivity index (χ2n) is 4.55. The average Bonchev–Trinajstić information content (AvgIpc) is 2.71. The summed E-state index contributed by atoms with van der Waals surface area (Å²) in [5.74, 6) is -1.02. The summed E-state index contributed by atoms with van der Waals surface area (Å²) in [6, 6.07) is 0. The van der Waals surface area contributed by atoms with Crippen LogP contribution < -0.4 is 5.56 Å². The first-order chi connectivity index (χ1) is 8.66. The third-order valence-corrected chi connectivity index (χ3v) is 3.34. The zero-order chi connectivity index (χ0) is 12.7. The molecule has 6 heteroatoms. The van der Waals surface area contributed by atoms with E-state index in [0.29, 0.717) is 5.52 Å². The molecule has 0 amide bonds. The summed E-state index contributed by atoms with van der Waals surface area (Å²) in [7, 11) is 0. The molecule has 1 aliphatic carbocycles. The highest BCUT2D eigenvalue weighted by Crippen LogP contribution is 2.22. The Kier molecular flexibility index (Phi) is 2.43. The minimum atomic E-state index is -1.02. The van der Waals surface area contributed by atoms with Gasteiger partial charge in [0.1, 0.15) is 12.1 Å². The maximum atomic E-state index is 12.2. The number of carboxylic acid groups (broad SMARTS) is 1. The lowest BCUT2D eigenvalue weighted by Crippen LogP contribution is -2.25. The van der Waals surface area contributed by atoms with Crippen molar-refractivity contribution >= 4 is 11.5 Å². The van der Waals surface area contributed by atoms with Crippen molar-refractivity contribution in [1.82, 2.24) is 14.2 Å². The molecule has 94 valence electrons. The lowest BCUT2D eigenvalue weighted by Gasteiger charge is -2.08. The van der Waals surface area contributed by atoms with E-state index >= 15 is 0 Å². The van der Waals surface area contributed by atoms with Crippen LogP contribution in [0.4, 0.5) is 0 Å². The molecule has 0 aliphatic heterocycles. The van der Waals surface area contributed by atoms with Gasteiger partial charge in [0, 0.05) is 18.0 Å².